The molecule has 0 N–H and O–H groups in total. The lowest BCUT2D eigenvalue weighted by atomic mass is 10.1. The Morgan fingerprint density at radius 3 is 2.48 bits per heavy atom. The second-order valence-corrected chi connectivity index (χ2v) is 9.25. The zero-order valence-electron chi connectivity index (χ0n) is 18.0. The molecule has 0 unspecified atom stereocenters. The Morgan fingerprint density at radius 2 is 1.85 bits per heavy atom. The fourth-order valence-electron chi connectivity index (χ4n) is 2.86. The molecule has 33 heavy (non-hydrogen) atoms. The van der Waals surface area contributed by atoms with Gasteiger partial charge in [-0.15, -0.1) is 0 Å². The van der Waals surface area contributed by atoms with Crippen molar-refractivity contribution in [2.75, 3.05) is 13.7 Å². The number of carbonyl (C=O) groups excluding carboxylic acids is 4. The molecule has 0 saturated carbocycles. The molecule has 1 aliphatic rings. The average molecular weight is 581 g/mol. The Bertz CT molecular complexity index is 1130. The lowest BCUT2D eigenvalue weighted by molar-refractivity contribution is -0.149. The molecule has 8 nitrogen and oxygen atoms in total. The van der Waals surface area contributed by atoms with Gasteiger partial charge in [0, 0.05) is 0 Å². The molecule has 0 spiro atoms. The molecule has 10 heteroatoms. The Labute approximate surface area is 208 Å². The van der Waals surface area contributed by atoms with Crippen LogP contribution in [-0.4, -0.2) is 47.7 Å². The monoisotopic (exact) mass is 581 g/mol. The number of carbonyl (C=O) groups is 4. The summed E-state index contributed by atoms with van der Waals surface area (Å²) in [6.07, 6.45) is 1.17. The van der Waals surface area contributed by atoms with Gasteiger partial charge in [-0.05, 0) is 84.1 Å². The van der Waals surface area contributed by atoms with Crippen LogP contribution < -0.4 is 9.47 Å². The van der Waals surface area contributed by atoms with E-state index in [0.29, 0.717) is 14.7 Å². The lowest BCUT2D eigenvalue weighted by Gasteiger charge is -2.13. The van der Waals surface area contributed by atoms with Gasteiger partial charge in [-0.25, -0.2) is 4.79 Å². The van der Waals surface area contributed by atoms with Crippen molar-refractivity contribution in [3.8, 4) is 11.5 Å². The van der Waals surface area contributed by atoms with Gasteiger partial charge in [0.15, 0.2) is 11.5 Å². The highest BCUT2D eigenvalue weighted by atomic mass is 127. The zero-order valence-corrected chi connectivity index (χ0v) is 21.0. The van der Waals surface area contributed by atoms with Crippen LogP contribution >= 0.6 is 34.4 Å². The minimum absolute atomic E-state index is 0.157. The van der Waals surface area contributed by atoms with Crippen molar-refractivity contribution in [3.63, 3.8) is 0 Å². The molecule has 0 atom stereocenters. The van der Waals surface area contributed by atoms with Crippen molar-refractivity contribution >= 4 is 63.5 Å². The normalized spacial score (nSPS) is 14.7. The van der Waals surface area contributed by atoms with E-state index in [4.69, 9.17) is 14.2 Å². The number of methoxy groups -OCH3 is 1. The van der Waals surface area contributed by atoms with Crippen LogP contribution in [-0.2, 0) is 14.3 Å². The van der Waals surface area contributed by atoms with E-state index in [-0.39, 0.29) is 22.5 Å². The summed E-state index contributed by atoms with van der Waals surface area (Å²) in [5.41, 5.74) is 0.954. The first-order valence-electron chi connectivity index (χ1n) is 9.79. The van der Waals surface area contributed by atoms with Gasteiger partial charge in [0.1, 0.15) is 6.54 Å². The predicted molar refractivity (Wildman–Crippen MR) is 131 cm³/mol. The maximum absolute atomic E-state index is 12.7. The van der Waals surface area contributed by atoms with Crippen molar-refractivity contribution in [2.45, 2.75) is 20.0 Å². The van der Waals surface area contributed by atoms with Gasteiger partial charge < -0.3 is 14.2 Å². The Hall–Kier alpha value is -2.86. The third-order valence-electron chi connectivity index (χ3n) is 4.28. The van der Waals surface area contributed by atoms with Crippen LogP contribution in [0.1, 0.15) is 29.8 Å². The summed E-state index contributed by atoms with van der Waals surface area (Å²) in [7, 11) is 1.43. The molecule has 172 valence electrons. The van der Waals surface area contributed by atoms with Gasteiger partial charge in [0.25, 0.3) is 11.1 Å². The first-order chi connectivity index (χ1) is 15.7. The second-order valence-electron chi connectivity index (χ2n) is 7.10. The molecule has 2 amide bonds. The van der Waals surface area contributed by atoms with E-state index >= 15 is 0 Å². The van der Waals surface area contributed by atoms with Gasteiger partial charge in [0.2, 0.25) is 0 Å². The van der Waals surface area contributed by atoms with Crippen molar-refractivity contribution in [1.29, 1.82) is 0 Å². The standard InChI is InChI=1S/C23H20INO7S/c1-13(2)31-19(26)12-25-21(27)18(33-23(25)29)11-14-9-16(24)20(17(10-14)30-3)32-22(28)15-7-5-4-6-8-15/h4-11,13H,12H2,1-3H3/b18-11-. The van der Waals surface area contributed by atoms with Gasteiger partial charge in [0.05, 0.1) is 27.3 Å². The lowest BCUT2D eigenvalue weighted by Crippen LogP contribution is -2.35. The molecule has 0 aliphatic carbocycles. The molecule has 1 aliphatic heterocycles. The summed E-state index contributed by atoms with van der Waals surface area (Å²) in [5, 5.41) is -0.554. The van der Waals surface area contributed by atoms with E-state index in [1.54, 1.807) is 56.3 Å². The second kappa shape index (κ2) is 10.8. The number of ether oxygens (including phenoxy) is 3. The Morgan fingerprint density at radius 1 is 1.15 bits per heavy atom. The number of amides is 2. The minimum Gasteiger partial charge on any atom is -0.493 e. The summed E-state index contributed by atoms with van der Waals surface area (Å²) in [4.78, 5) is 50.2. The molecule has 0 radical (unpaired) electrons. The summed E-state index contributed by atoms with van der Waals surface area (Å²) >= 11 is 2.73. The molecular weight excluding hydrogens is 561 g/mol. The summed E-state index contributed by atoms with van der Waals surface area (Å²) in [6.45, 7) is 2.91. The molecule has 1 saturated heterocycles. The number of nitrogens with zero attached hydrogens (tertiary/aromatic N) is 1. The predicted octanol–water partition coefficient (Wildman–Crippen LogP) is 4.51. The topological polar surface area (TPSA) is 99.2 Å². The van der Waals surface area contributed by atoms with Crippen LogP contribution in [0.5, 0.6) is 11.5 Å². The molecule has 3 rings (SSSR count). The van der Waals surface area contributed by atoms with Gasteiger partial charge >= 0.3 is 11.9 Å². The van der Waals surface area contributed by atoms with Crippen molar-refractivity contribution in [1.82, 2.24) is 4.90 Å². The van der Waals surface area contributed by atoms with Crippen LogP contribution in [0.4, 0.5) is 4.79 Å². The van der Waals surface area contributed by atoms with Crippen LogP contribution in [0.15, 0.2) is 47.4 Å². The number of hydrogen-bond acceptors (Lipinski definition) is 8. The number of imide groups is 1. The highest BCUT2D eigenvalue weighted by Crippen LogP contribution is 2.37. The molecule has 0 aromatic heterocycles. The van der Waals surface area contributed by atoms with E-state index in [9.17, 15) is 19.2 Å². The largest absolute Gasteiger partial charge is 0.493 e. The fraction of sp³-hybridized carbons (Fsp3) is 0.217. The van der Waals surface area contributed by atoms with Crippen molar-refractivity contribution < 1.29 is 33.4 Å². The van der Waals surface area contributed by atoms with Crippen molar-refractivity contribution in [2.24, 2.45) is 0 Å². The Kier molecular flexibility index (Phi) is 8.14. The quantitative estimate of drug-likeness (QED) is 0.204. The summed E-state index contributed by atoms with van der Waals surface area (Å²) in [5.74, 6) is -1.24. The number of halogens is 1. The van der Waals surface area contributed by atoms with Crippen molar-refractivity contribution in [3.05, 3.63) is 62.1 Å². The third kappa shape index (κ3) is 6.14. The van der Waals surface area contributed by atoms with E-state index < -0.39 is 29.6 Å². The maximum atomic E-state index is 12.7. The number of rotatable bonds is 7. The van der Waals surface area contributed by atoms with E-state index in [0.717, 1.165) is 16.7 Å². The van der Waals surface area contributed by atoms with Gasteiger partial charge in [-0.3, -0.25) is 19.3 Å². The van der Waals surface area contributed by atoms with E-state index in [2.05, 4.69) is 0 Å². The first-order valence-corrected chi connectivity index (χ1v) is 11.7. The van der Waals surface area contributed by atoms with Gasteiger partial charge in [-0.2, -0.15) is 0 Å². The Balaban J connectivity index is 1.82. The first kappa shape index (κ1) is 24.8. The molecule has 2 aromatic rings. The summed E-state index contributed by atoms with van der Waals surface area (Å²) < 4.78 is 16.5. The maximum Gasteiger partial charge on any atom is 0.343 e. The molecule has 2 aromatic carbocycles. The number of hydrogen-bond donors (Lipinski definition) is 0. The number of benzene rings is 2. The van der Waals surface area contributed by atoms with Crippen LogP contribution in [0, 0.1) is 3.57 Å². The molecule has 1 fully saturated rings. The average Bonchev–Trinajstić information content (AvgIpc) is 3.02. The molecular formula is C23H20INO7S. The van der Waals surface area contributed by atoms with E-state index in [1.165, 1.54) is 13.2 Å². The molecule has 0 bridgehead atoms. The number of thioether (sulfide) groups is 1. The van der Waals surface area contributed by atoms with Crippen LogP contribution in [0.25, 0.3) is 6.08 Å². The number of esters is 2. The third-order valence-corrected chi connectivity index (χ3v) is 5.99. The van der Waals surface area contributed by atoms with Crippen LogP contribution in [0.3, 0.4) is 0 Å². The highest BCUT2D eigenvalue weighted by molar-refractivity contribution is 14.1. The SMILES string of the molecule is COc1cc(/C=C2\SC(=O)N(CC(=O)OC(C)C)C2=O)cc(I)c1OC(=O)c1ccccc1. The zero-order chi connectivity index (χ0) is 24.1. The summed E-state index contributed by atoms with van der Waals surface area (Å²) in [6, 6.07) is 11.8. The van der Waals surface area contributed by atoms with Crippen LogP contribution in [0.2, 0.25) is 0 Å². The fourth-order valence-corrected chi connectivity index (χ4v) is 4.44. The molecule has 1 heterocycles. The van der Waals surface area contributed by atoms with E-state index in [1.807, 2.05) is 22.6 Å². The smallest absolute Gasteiger partial charge is 0.343 e. The van der Waals surface area contributed by atoms with Gasteiger partial charge in [-0.1, -0.05) is 18.2 Å². The highest BCUT2D eigenvalue weighted by Gasteiger charge is 2.37. The minimum atomic E-state index is -0.658.